The highest BCUT2D eigenvalue weighted by Gasteiger charge is 2.43. The molecule has 2 aliphatic heterocycles. The average Bonchev–Trinajstić information content (AvgIpc) is 2.97. The van der Waals surface area contributed by atoms with Crippen LogP contribution in [0.3, 0.4) is 0 Å². The van der Waals surface area contributed by atoms with Crippen LogP contribution in [0.5, 0.6) is 0 Å². The second-order valence-corrected chi connectivity index (χ2v) is 7.22. The van der Waals surface area contributed by atoms with E-state index in [1.54, 1.807) is 0 Å². The molecular formula is C16H20BrNO. The maximum atomic E-state index is 5.91. The van der Waals surface area contributed by atoms with Crippen molar-refractivity contribution in [3.05, 3.63) is 34.3 Å². The van der Waals surface area contributed by atoms with Gasteiger partial charge in [-0.1, -0.05) is 28.1 Å². The van der Waals surface area contributed by atoms with Gasteiger partial charge in [0.2, 0.25) is 0 Å². The molecule has 3 atom stereocenters. The van der Waals surface area contributed by atoms with Gasteiger partial charge in [0.25, 0.3) is 0 Å². The summed E-state index contributed by atoms with van der Waals surface area (Å²) < 4.78 is 7.08. The van der Waals surface area contributed by atoms with Crippen LogP contribution in [-0.4, -0.2) is 24.3 Å². The van der Waals surface area contributed by atoms with Crippen LogP contribution >= 0.6 is 15.9 Å². The van der Waals surface area contributed by atoms with Crippen molar-refractivity contribution < 1.29 is 4.74 Å². The highest BCUT2D eigenvalue weighted by Crippen LogP contribution is 2.40. The van der Waals surface area contributed by atoms with E-state index in [9.17, 15) is 0 Å². The van der Waals surface area contributed by atoms with Crippen LogP contribution in [0.4, 0.5) is 0 Å². The lowest BCUT2D eigenvalue weighted by molar-refractivity contribution is 0.0931. The third kappa shape index (κ3) is 2.37. The Bertz CT molecular complexity index is 454. The van der Waals surface area contributed by atoms with Crippen molar-refractivity contribution in [1.29, 1.82) is 0 Å². The van der Waals surface area contributed by atoms with Crippen LogP contribution in [-0.2, 0) is 4.74 Å². The fourth-order valence-electron chi connectivity index (χ4n) is 3.88. The van der Waals surface area contributed by atoms with E-state index < -0.39 is 0 Å². The summed E-state index contributed by atoms with van der Waals surface area (Å²) in [6, 6.07) is 10.2. The minimum absolute atomic E-state index is 0.511. The smallest absolute Gasteiger partial charge is 0.0733 e. The molecule has 0 radical (unpaired) electrons. The van der Waals surface area contributed by atoms with E-state index in [-0.39, 0.29) is 0 Å². The van der Waals surface area contributed by atoms with Gasteiger partial charge in [-0.05, 0) is 55.7 Å². The van der Waals surface area contributed by atoms with Gasteiger partial charge in [0.15, 0.2) is 0 Å². The summed E-state index contributed by atoms with van der Waals surface area (Å²) in [7, 11) is 0. The molecule has 1 saturated carbocycles. The number of benzene rings is 1. The predicted molar refractivity (Wildman–Crippen MR) is 79.3 cm³/mol. The molecule has 2 saturated heterocycles. The number of hydrogen-bond acceptors (Lipinski definition) is 2. The molecule has 2 bridgehead atoms. The topological polar surface area (TPSA) is 21.3 Å². The van der Waals surface area contributed by atoms with Gasteiger partial charge >= 0.3 is 0 Å². The summed E-state index contributed by atoms with van der Waals surface area (Å²) in [5.41, 5.74) is 1.49. The van der Waals surface area contributed by atoms with Crippen LogP contribution in [0.1, 0.15) is 43.6 Å². The first-order chi connectivity index (χ1) is 9.28. The molecule has 0 aromatic heterocycles. The number of halogens is 1. The first-order valence-electron chi connectivity index (χ1n) is 7.45. The molecule has 1 aromatic rings. The van der Waals surface area contributed by atoms with E-state index >= 15 is 0 Å². The molecule has 3 heteroatoms. The lowest BCUT2D eigenvalue weighted by atomic mass is 9.75. The monoisotopic (exact) mass is 321 g/mol. The van der Waals surface area contributed by atoms with Crippen LogP contribution in [0.2, 0.25) is 0 Å². The van der Waals surface area contributed by atoms with E-state index in [4.69, 9.17) is 4.74 Å². The SMILES string of the molecule is Brc1ccc(C2CC(NC3CC4CCC3O4)C2)cc1. The van der Waals surface area contributed by atoms with Crippen LogP contribution in [0.25, 0.3) is 0 Å². The van der Waals surface area contributed by atoms with Gasteiger partial charge in [0, 0.05) is 16.6 Å². The fourth-order valence-corrected chi connectivity index (χ4v) is 4.14. The van der Waals surface area contributed by atoms with Crippen molar-refractivity contribution in [3.63, 3.8) is 0 Å². The van der Waals surface area contributed by atoms with Gasteiger partial charge < -0.3 is 10.1 Å². The van der Waals surface area contributed by atoms with E-state index in [1.165, 1.54) is 42.1 Å². The van der Waals surface area contributed by atoms with Crippen molar-refractivity contribution in [1.82, 2.24) is 5.32 Å². The molecule has 1 aromatic carbocycles. The Balaban J connectivity index is 1.30. The number of ether oxygens (including phenoxy) is 1. The molecule has 0 amide bonds. The fraction of sp³-hybridized carbons (Fsp3) is 0.625. The molecular weight excluding hydrogens is 302 g/mol. The van der Waals surface area contributed by atoms with Crippen LogP contribution in [0.15, 0.2) is 28.7 Å². The third-order valence-electron chi connectivity index (χ3n) is 5.04. The van der Waals surface area contributed by atoms with E-state index in [2.05, 4.69) is 45.5 Å². The Morgan fingerprint density at radius 2 is 1.84 bits per heavy atom. The van der Waals surface area contributed by atoms with Gasteiger partial charge in [-0.15, -0.1) is 0 Å². The molecule has 3 fully saturated rings. The molecule has 102 valence electrons. The number of nitrogens with one attached hydrogen (secondary N) is 1. The van der Waals surface area contributed by atoms with Gasteiger partial charge in [0.1, 0.15) is 0 Å². The van der Waals surface area contributed by atoms with Crippen LogP contribution < -0.4 is 5.32 Å². The molecule has 2 heterocycles. The largest absolute Gasteiger partial charge is 0.373 e. The highest BCUT2D eigenvalue weighted by atomic mass is 79.9. The zero-order valence-corrected chi connectivity index (χ0v) is 12.6. The average molecular weight is 322 g/mol. The first-order valence-corrected chi connectivity index (χ1v) is 8.24. The lowest BCUT2D eigenvalue weighted by Gasteiger charge is -2.39. The highest BCUT2D eigenvalue weighted by molar-refractivity contribution is 9.10. The zero-order chi connectivity index (χ0) is 12.8. The van der Waals surface area contributed by atoms with Crippen molar-refractivity contribution in [2.24, 2.45) is 0 Å². The van der Waals surface area contributed by atoms with E-state index in [0.717, 1.165) is 5.92 Å². The maximum Gasteiger partial charge on any atom is 0.0733 e. The second kappa shape index (κ2) is 4.87. The Morgan fingerprint density at radius 1 is 1.05 bits per heavy atom. The van der Waals surface area contributed by atoms with E-state index in [1.807, 2.05) is 0 Å². The third-order valence-corrected chi connectivity index (χ3v) is 5.56. The number of hydrogen-bond donors (Lipinski definition) is 1. The predicted octanol–water partition coefficient (Wildman–Crippen LogP) is 3.60. The van der Waals surface area contributed by atoms with Gasteiger partial charge in [-0.25, -0.2) is 0 Å². The molecule has 19 heavy (non-hydrogen) atoms. The molecule has 1 N–H and O–H groups in total. The Hall–Kier alpha value is -0.380. The quantitative estimate of drug-likeness (QED) is 0.918. The van der Waals surface area contributed by atoms with Crippen molar-refractivity contribution in [3.8, 4) is 0 Å². The van der Waals surface area contributed by atoms with E-state index in [0.29, 0.717) is 24.3 Å². The summed E-state index contributed by atoms with van der Waals surface area (Å²) in [5.74, 6) is 0.755. The van der Waals surface area contributed by atoms with Gasteiger partial charge in [0.05, 0.1) is 12.2 Å². The van der Waals surface area contributed by atoms with Gasteiger partial charge in [-0.3, -0.25) is 0 Å². The second-order valence-electron chi connectivity index (χ2n) is 6.30. The Morgan fingerprint density at radius 3 is 2.47 bits per heavy atom. The molecule has 0 spiro atoms. The molecule has 3 aliphatic rings. The van der Waals surface area contributed by atoms with Crippen molar-refractivity contribution in [2.75, 3.05) is 0 Å². The number of fused-ring (bicyclic) bond motifs is 2. The molecule has 4 rings (SSSR count). The van der Waals surface area contributed by atoms with Crippen molar-refractivity contribution >= 4 is 15.9 Å². The Kier molecular flexibility index (Phi) is 3.17. The Labute approximate surface area is 123 Å². The number of rotatable bonds is 3. The molecule has 1 aliphatic carbocycles. The minimum atomic E-state index is 0.511. The zero-order valence-electron chi connectivity index (χ0n) is 11.0. The standard InChI is InChI=1S/C16H20BrNO/c17-12-3-1-10(2-4-12)11-7-13(8-11)18-15-9-14-5-6-16(15)19-14/h1-4,11,13-16,18H,5-9H2. The summed E-state index contributed by atoms with van der Waals surface area (Å²) in [6.07, 6.45) is 7.44. The maximum absolute atomic E-state index is 5.91. The molecule has 2 nitrogen and oxygen atoms in total. The normalized spacial score (nSPS) is 40.4. The minimum Gasteiger partial charge on any atom is -0.373 e. The lowest BCUT2D eigenvalue weighted by Crippen LogP contribution is -2.49. The summed E-state index contributed by atoms with van der Waals surface area (Å²) >= 11 is 3.50. The van der Waals surface area contributed by atoms with Gasteiger partial charge in [-0.2, -0.15) is 0 Å². The summed E-state index contributed by atoms with van der Waals surface area (Å²) in [4.78, 5) is 0. The van der Waals surface area contributed by atoms with Crippen molar-refractivity contribution in [2.45, 2.75) is 62.3 Å². The summed E-state index contributed by atoms with van der Waals surface area (Å²) in [5, 5.41) is 3.82. The summed E-state index contributed by atoms with van der Waals surface area (Å²) in [6.45, 7) is 0. The molecule has 3 unspecified atom stereocenters. The first kappa shape index (κ1) is 12.4. The van der Waals surface area contributed by atoms with Crippen LogP contribution in [0, 0.1) is 0 Å².